The number of hydrogen-bond donors (Lipinski definition) is 1. The number of Topliss-reactive ketones (excluding diaryl/α,β-unsaturated/α-hetero) is 1. The molecular weight excluding hydrogens is 286 g/mol. The molecule has 0 saturated heterocycles. The number of carbonyl (C=O) groups is 3. The minimum absolute atomic E-state index is 0.155. The number of amides is 1. The molecule has 120 valence electrons. The highest BCUT2D eigenvalue weighted by Gasteiger charge is 2.18. The second-order valence-electron chi connectivity index (χ2n) is 5.60. The Bertz CT molecular complexity index is 543. The van der Waals surface area contributed by atoms with Crippen LogP contribution in [0.2, 0.25) is 0 Å². The molecule has 6 heteroatoms. The molecule has 0 saturated carbocycles. The Kier molecular flexibility index (Phi) is 6.10. The van der Waals surface area contributed by atoms with Crippen LogP contribution >= 0.6 is 0 Å². The van der Waals surface area contributed by atoms with Gasteiger partial charge >= 0.3 is 12.1 Å². The molecule has 0 spiro atoms. The molecule has 0 unspecified atom stereocenters. The summed E-state index contributed by atoms with van der Waals surface area (Å²) in [5.74, 6) is -1.56. The summed E-state index contributed by atoms with van der Waals surface area (Å²) >= 11 is 0. The van der Waals surface area contributed by atoms with Crippen molar-refractivity contribution in [3.8, 4) is 0 Å². The molecule has 0 radical (unpaired) electrons. The van der Waals surface area contributed by atoms with Crippen LogP contribution in [0.15, 0.2) is 24.3 Å². The fraction of sp³-hybridized carbons (Fsp3) is 0.438. The molecule has 1 aromatic carbocycles. The summed E-state index contributed by atoms with van der Waals surface area (Å²) < 4.78 is 9.77. The zero-order valence-electron chi connectivity index (χ0n) is 13.3. The summed E-state index contributed by atoms with van der Waals surface area (Å²) in [5.41, 5.74) is 0.478. The van der Waals surface area contributed by atoms with Crippen molar-refractivity contribution in [1.82, 2.24) is 5.32 Å². The summed E-state index contributed by atoms with van der Waals surface area (Å²) in [7, 11) is 0. The Labute approximate surface area is 129 Å². The van der Waals surface area contributed by atoms with E-state index in [0.717, 1.165) is 5.56 Å². The van der Waals surface area contributed by atoms with Crippen LogP contribution in [0.5, 0.6) is 0 Å². The van der Waals surface area contributed by atoms with Crippen molar-refractivity contribution in [3.05, 3.63) is 35.4 Å². The highest BCUT2D eigenvalue weighted by molar-refractivity contribution is 6.40. The Hall–Kier alpha value is -2.37. The second kappa shape index (κ2) is 7.59. The number of hydrogen-bond acceptors (Lipinski definition) is 5. The number of benzene rings is 1. The zero-order valence-corrected chi connectivity index (χ0v) is 13.3. The van der Waals surface area contributed by atoms with Gasteiger partial charge in [0.25, 0.3) is 5.78 Å². The third kappa shape index (κ3) is 5.95. The molecule has 6 nitrogen and oxygen atoms in total. The Balaban J connectivity index is 2.57. The smallest absolute Gasteiger partial charge is 0.407 e. The quantitative estimate of drug-likeness (QED) is 0.513. The molecule has 22 heavy (non-hydrogen) atoms. The van der Waals surface area contributed by atoms with Gasteiger partial charge in [-0.15, -0.1) is 0 Å². The van der Waals surface area contributed by atoms with Crippen LogP contribution in [0, 0.1) is 0 Å². The van der Waals surface area contributed by atoms with Crippen LogP contribution in [0.1, 0.15) is 43.6 Å². The highest BCUT2D eigenvalue weighted by Crippen LogP contribution is 2.08. The van der Waals surface area contributed by atoms with E-state index in [0.29, 0.717) is 0 Å². The van der Waals surface area contributed by atoms with E-state index >= 15 is 0 Å². The molecule has 0 aliphatic heterocycles. The van der Waals surface area contributed by atoms with Gasteiger partial charge in [0, 0.05) is 12.1 Å². The van der Waals surface area contributed by atoms with Crippen molar-refractivity contribution < 1.29 is 23.9 Å². The van der Waals surface area contributed by atoms with Crippen molar-refractivity contribution in [2.24, 2.45) is 0 Å². The summed E-state index contributed by atoms with van der Waals surface area (Å²) in [6.45, 7) is 7.40. The normalized spacial score (nSPS) is 10.7. The van der Waals surface area contributed by atoms with E-state index in [1.807, 2.05) is 0 Å². The first-order valence-corrected chi connectivity index (χ1v) is 7.00. The molecule has 0 fully saturated rings. The van der Waals surface area contributed by atoms with Gasteiger partial charge in [-0.1, -0.05) is 24.3 Å². The van der Waals surface area contributed by atoms with Crippen LogP contribution in [0.3, 0.4) is 0 Å². The number of ether oxygens (including phenoxy) is 2. The van der Waals surface area contributed by atoms with Crippen molar-refractivity contribution in [1.29, 1.82) is 0 Å². The first-order valence-electron chi connectivity index (χ1n) is 7.00. The fourth-order valence-electron chi connectivity index (χ4n) is 1.58. The van der Waals surface area contributed by atoms with Crippen molar-refractivity contribution in [2.45, 2.75) is 39.8 Å². The lowest BCUT2D eigenvalue weighted by molar-refractivity contribution is -0.137. The average Bonchev–Trinajstić information content (AvgIpc) is 2.43. The van der Waals surface area contributed by atoms with Crippen LogP contribution in [-0.4, -0.2) is 30.1 Å². The van der Waals surface area contributed by atoms with Gasteiger partial charge in [0.05, 0.1) is 6.61 Å². The molecule has 0 aromatic heterocycles. The predicted molar refractivity (Wildman–Crippen MR) is 80.5 cm³/mol. The summed E-state index contributed by atoms with van der Waals surface area (Å²) in [6, 6.07) is 6.35. The topological polar surface area (TPSA) is 81.7 Å². The first kappa shape index (κ1) is 17.7. The van der Waals surface area contributed by atoms with Crippen LogP contribution in [0.25, 0.3) is 0 Å². The van der Waals surface area contributed by atoms with Gasteiger partial charge in [0.1, 0.15) is 5.60 Å². The molecule has 0 bridgehead atoms. The Morgan fingerprint density at radius 2 is 1.68 bits per heavy atom. The first-order chi connectivity index (χ1) is 10.2. The Morgan fingerprint density at radius 3 is 2.18 bits per heavy atom. The third-order valence-corrected chi connectivity index (χ3v) is 2.51. The molecule has 0 aliphatic carbocycles. The van der Waals surface area contributed by atoms with Gasteiger partial charge < -0.3 is 14.8 Å². The molecule has 0 heterocycles. The Morgan fingerprint density at radius 1 is 1.09 bits per heavy atom. The lowest BCUT2D eigenvalue weighted by Crippen LogP contribution is -2.32. The molecular formula is C16H21NO5. The SMILES string of the molecule is CCOC(=O)C(=O)c1ccc(CNC(=O)OC(C)(C)C)cc1. The molecule has 1 rings (SSSR count). The molecule has 1 amide bonds. The highest BCUT2D eigenvalue weighted by atomic mass is 16.6. The van der Waals surface area contributed by atoms with E-state index in [-0.39, 0.29) is 18.7 Å². The van der Waals surface area contributed by atoms with Crippen molar-refractivity contribution in [2.75, 3.05) is 6.61 Å². The monoisotopic (exact) mass is 307 g/mol. The van der Waals surface area contributed by atoms with Gasteiger partial charge in [-0.25, -0.2) is 9.59 Å². The fourth-order valence-corrected chi connectivity index (χ4v) is 1.58. The number of rotatable bonds is 5. The van der Waals surface area contributed by atoms with Gasteiger partial charge in [0.2, 0.25) is 0 Å². The third-order valence-electron chi connectivity index (χ3n) is 2.51. The maximum Gasteiger partial charge on any atom is 0.407 e. The number of carbonyl (C=O) groups excluding carboxylic acids is 3. The lowest BCUT2D eigenvalue weighted by atomic mass is 10.1. The van der Waals surface area contributed by atoms with Crippen molar-refractivity contribution >= 4 is 17.8 Å². The predicted octanol–water partition coefficient (Wildman–Crippen LogP) is 2.46. The number of esters is 1. The van der Waals surface area contributed by atoms with Gasteiger partial charge in [-0.3, -0.25) is 4.79 Å². The van der Waals surface area contributed by atoms with Crippen LogP contribution < -0.4 is 5.32 Å². The van der Waals surface area contributed by atoms with E-state index in [1.165, 1.54) is 12.1 Å². The molecule has 0 aliphatic rings. The number of nitrogens with one attached hydrogen (secondary N) is 1. The van der Waals surface area contributed by atoms with Gasteiger partial charge in [-0.05, 0) is 33.3 Å². The standard InChI is InChI=1S/C16H21NO5/c1-5-21-14(19)13(18)12-8-6-11(7-9-12)10-17-15(20)22-16(2,3)4/h6-9H,5,10H2,1-4H3,(H,17,20). The summed E-state index contributed by atoms with van der Waals surface area (Å²) in [4.78, 5) is 34.6. The van der Waals surface area contributed by atoms with E-state index in [1.54, 1.807) is 39.8 Å². The largest absolute Gasteiger partial charge is 0.460 e. The van der Waals surface area contributed by atoms with E-state index < -0.39 is 23.4 Å². The zero-order chi connectivity index (χ0) is 16.8. The molecule has 0 atom stereocenters. The minimum atomic E-state index is -0.873. The number of alkyl carbamates (subject to hydrolysis) is 1. The summed E-state index contributed by atoms with van der Waals surface area (Å²) in [6.07, 6.45) is -0.515. The van der Waals surface area contributed by atoms with Gasteiger partial charge in [-0.2, -0.15) is 0 Å². The van der Waals surface area contributed by atoms with Crippen LogP contribution in [-0.2, 0) is 20.8 Å². The second-order valence-corrected chi connectivity index (χ2v) is 5.60. The number of ketones is 1. The lowest BCUT2D eigenvalue weighted by Gasteiger charge is -2.19. The molecule has 1 N–H and O–H groups in total. The maximum atomic E-state index is 11.7. The van der Waals surface area contributed by atoms with Crippen molar-refractivity contribution in [3.63, 3.8) is 0 Å². The van der Waals surface area contributed by atoms with E-state index in [2.05, 4.69) is 10.1 Å². The molecule has 1 aromatic rings. The minimum Gasteiger partial charge on any atom is -0.460 e. The van der Waals surface area contributed by atoms with Crippen LogP contribution in [0.4, 0.5) is 4.79 Å². The average molecular weight is 307 g/mol. The van der Waals surface area contributed by atoms with E-state index in [9.17, 15) is 14.4 Å². The van der Waals surface area contributed by atoms with Gasteiger partial charge in [0.15, 0.2) is 0 Å². The maximum absolute atomic E-state index is 11.7. The summed E-state index contributed by atoms with van der Waals surface area (Å²) in [5, 5.41) is 2.61. The van der Waals surface area contributed by atoms with E-state index in [4.69, 9.17) is 4.74 Å².